The first-order valence-corrected chi connectivity index (χ1v) is 12.1. The van der Waals surface area contributed by atoms with Crippen molar-refractivity contribution in [2.24, 2.45) is 5.92 Å². The summed E-state index contributed by atoms with van der Waals surface area (Å²) in [7, 11) is 0. The lowest BCUT2D eigenvalue weighted by atomic mass is 10.1. The van der Waals surface area contributed by atoms with Gasteiger partial charge in [0.2, 0.25) is 0 Å². The van der Waals surface area contributed by atoms with Crippen molar-refractivity contribution in [1.82, 2.24) is 0 Å². The molecule has 0 radical (unpaired) electrons. The third-order valence-electron chi connectivity index (χ3n) is 5.39. The van der Waals surface area contributed by atoms with Crippen LogP contribution in [0.1, 0.15) is 78.1 Å². The van der Waals surface area contributed by atoms with Crippen LogP contribution in [-0.2, 0) is 14.3 Å². The summed E-state index contributed by atoms with van der Waals surface area (Å²) in [5, 5.41) is 0. The number of unbranched alkanes of at least 4 members (excludes halogenated alkanes) is 5. The maximum absolute atomic E-state index is 12.0. The maximum Gasteiger partial charge on any atom is 0.311 e. The summed E-state index contributed by atoms with van der Waals surface area (Å²) >= 11 is 0. The van der Waals surface area contributed by atoms with Gasteiger partial charge in [-0.15, -0.1) is 0 Å². The van der Waals surface area contributed by atoms with Crippen LogP contribution in [0.25, 0.3) is 11.1 Å². The molecule has 2 rings (SSSR count). The number of ether oxygens (including phenoxy) is 2. The summed E-state index contributed by atoms with van der Waals surface area (Å²) < 4.78 is 10.7. The van der Waals surface area contributed by atoms with Gasteiger partial charge in [-0.3, -0.25) is 9.59 Å². The highest BCUT2D eigenvalue weighted by Crippen LogP contribution is 2.22. The number of benzene rings is 2. The number of hydrogen-bond donors (Lipinski definition) is 0. The van der Waals surface area contributed by atoms with Crippen molar-refractivity contribution >= 4 is 11.9 Å². The highest BCUT2D eigenvalue weighted by Gasteiger charge is 2.06. The maximum atomic E-state index is 12.0. The Morgan fingerprint density at radius 3 is 1.88 bits per heavy atom. The minimum atomic E-state index is -0.183. The van der Waals surface area contributed by atoms with Gasteiger partial charge in [-0.25, -0.2) is 0 Å². The van der Waals surface area contributed by atoms with Gasteiger partial charge in [0.05, 0.1) is 6.61 Å². The molecule has 174 valence electrons. The second-order valence-corrected chi connectivity index (χ2v) is 8.74. The zero-order valence-electron chi connectivity index (χ0n) is 19.7. The van der Waals surface area contributed by atoms with E-state index in [1.165, 1.54) is 0 Å². The van der Waals surface area contributed by atoms with Gasteiger partial charge in [0.1, 0.15) is 5.75 Å². The molecule has 0 saturated carbocycles. The van der Waals surface area contributed by atoms with Crippen molar-refractivity contribution in [1.29, 1.82) is 0 Å². The van der Waals surface area contributed by atoms with Crippen LogP contribution in [0.15, 0.2) is 54.6 Å². The Morgan fingerprint density at radius 1 is 0.688 bits per heavy atom. The van der Waals surface area contributed by atoms with Crippen LogP contribution >= 0.6 is 0 Å². The third-order valence-corrected chi connectivity index (χ3v) is 5.39. The molecule has 0 N–H and O–H groups in total. The average Bonchev–Trinajstić information content (AvgIpc) is 2.79. The molecule has 4 nitrogen and oxygen atoms in total. The van der Waals surface area contributed by atoms with Gasteiger partial charge in [-0.05, 0) is 54.9 Å². The first kappa shape index (κ1) is 25.6. The average molecular weight is 439 g/mol. The van der Waals surface area contributed by atoms with E-state index in [0.29, 0.717) is 31.1 Å². The summed E-state index contributed by atoms with van der Waals surface area (Å²) in [4.78, 5) is 23.7. The highest BCUT2D eigenvalue weighted by molar-refractivity contribution is 5.73. The smallest absolute Gasteiger partial charge is 0.311 e. The Morgan fingerprint density at radius 2 is 1.25 bits per heavy atom. The summed E-state index contributed by atoms with van der Waals surface area (Å²) in [6.07, 6.45) is 8.88. The van der Waals surface area contributed by atoms with Crippen LogP contribution in [-0.4, -0.2) is 18.5 Å². The zero-order valence-corrected chi connectivity index (χ0v) is 19.7. The number of carbonyl (C=O) groups is 2. The SMILES string of the molecule is CC(C)CCCOC(=O)CCCCCCCCC(=O)Oc1ccc(-c2ccccc2)cc1. The zero-order chi connectivity index (χ0) is 23.0. The van der Waals surface area contributed by atoms with E-state index >= 15 is 0 Å². The molecule has 32 heavy (non-hydrogen) atoms. The lowest BCUT2D eigenvalue weighted by molar-refractivity contribution is -0.144. The molecule has 0 atom stereocenters. The fourth-order valence-corrected chi connectivity index (χ4v) is 3.52. The van der Waals surface area contributed by atoms with Crippen LogP contribution in [0.3, 0.4) is 0 Å². The first-order valence-electron chi connectivity index (χ1n) is 12.1. The molecule has 0 heterocycles. The van der Waals surface area contributed by atoms with E-state index in [1.54, 1.807) is 0 Å². The standard InChI is InChI=1S/C28H38O4/c1-23(2)13-12-22-31-27(29)16-10-5-3-4-6-11-17-28(30)32-26-20-18-25(19-21-26)24-14-8-7-9-15-24/h7-9,14-15,18-21,23H,3-6,10-13,16-17,22H2,1-2H3. The monoisotopic (exact) mass is 438 g/mol. The second kappa shape index (κ2) is 15.2. The van der Waals surface area contributed by atoms with E-state index in [-0.39, 0.29) is 11.9 Å². The van der Waals surface area contributed by atoms with Gasteiger partial charge < -0.3 is 9.47 Å². The Bertz CT molecular complexity index is 781. The van der Waals surface area contributed by atoms with Crippen LogP contribution in [0, 0.1) is 5.92 Å². The molecule has 0 amide bonds. The molecule has 0 saturated heterocycles. The van der Waals surface area contributed by atoms with Gasteiger partial charge in [-0.2, -0.15) is 0 Å². The molecule has 0 bridgehead atoms. The number of esters is 2. The molecule has 2 aromatic carbocycles. The Balaban J connectivity index is 1.47. The largest absolute Gasteiger partial charge is 0.466 e. The molecule has 0 spiro atoms. The van der Waals surface area contributed by atoms with Crippen molar-refractivity contribution in [3.05, 3.63) is 54.6 Å². The predicted octanol–water partition coefficient (Wildman–Crippen LogP) is 7.36. The molecule has 0 aliphatic heterocycles. The Hall–Kier alpha value is -2.62. The van der Waals surface area contributed by atoms with Crippen molar-refractivity contribution in [3.63, 3.8) is 0 Å². The van der Waals surface area contributed by atoms with Crippen LogP contribution in [0.5, 0.6) is 5.75 Å². The van der Waals surface area contributed by atoms with Crippen LogP contribution in [0.4, 0.5) is 0 Å². The van der Waals surface area contributed by atoms with Crippen molar-refractivity contribution in [3.8, 4) is 16.9 Å². The van der Waals surface area contributed by atoms with E-state index in [9.17, 15) is 9.59 Å². The second-order valence-electron chi connectivity index (χ2n) is 8.74. The molecular weight excluding hydrogens is 400 g/mol. The predicted molar refractivity (Wildman–Crippen MR) is 129 cm³/mol. The highest BCUT2D eigenvalue weighted by atomic mass is 16.5. The Kier molecular flexibility index (Phi) is 12.2. The summed E-state index contributed by atoms with van der Waals surface area (Å²) in [6, 6.07) is 17.7. The van der Waals surface area contributed by atoms with Gasteiger partial charge in [0.15, 0.2) is 0 Å². The number of rotatable bonds is 15. The van der Waals surface area contributed by atoms with E-state index < -0.39 is 0 Å². The van der Waals surface area contributed by atoms with E-state index in [2.05, 4.69) is 26.0 Å². The van der Waals surface area contributed by atoms with E-state index in [0.717, 1.165) is 62.5 Å². The fourth-order valence-electron chi connectivity index (χ4n) is 3.52. The van der Waals surface area contributed by atoms with Gasteiger partial charge in [-0.1, -0.05) is 82.0 Å². The molecular formula is C28H38O4. The van der Waals surface area contributed by atoms with Crippen molar-refractivity contribution < 1.29 is 19.1 Å². The molecule has 0 aromatic heterocycles. The first-order chi connectivity index (χ1) is 15.5. The number of carbonyl (C=O) groups excluding carboxylic acids is 2. The summed E-state index contributed by atoms with van der Waals surface area (Å²) in [5.41, 5.74) is 2.24. The Labute approximate surface area is 193 Å². The summed E-state index contributed by atoms with van der Waals surface area (Å²) in [6.45, 7) is 4.90. The van der Waals surface area contributed by atoms with Gasteiger partial charge in [0, 0.05) is 12.8 Å². The quantitative estimate of drug-likeness (QED) is 0.166. The minimum absolute atomic E-state index is 0.0756. The van der Waals surface area contributed by atoms with Crippen LogP contribution in [0.2, 0.25) is 0 Å². The molecule has 0 aliphatic rings. The molecule has 0 fully saturated rings. The normalized spacial score (nSPS) is 10.8. The van der Waals surface area contributed by atoms with E-state index in [4.69, 9.17) is 9.47 Å². The third kappa shape index (κ3) is 11.1. The fraction of sp³-hybridized carbons (Fsp3) is 0.500. The minimum Gasteiger partial charge on any atom is -0.466 e. The van der Waals surface area contributed by atoms with Crippen molar-refractivity contribution in [2.45, 2.75) is 78.1 Å². The molecule has 0 aliphatic carbocycles. The van der Waals surface area contributed by atoms with Gasteiger partial charge >= 0.3 is 11.9 Å². The van der Waals surface area contributed by atoms with Crippen LogP contribution < -0.4 is 4.74 Å². The topological polar surface area (TPSA) is 52.6 Å². The van der Waals surface area contributed by atoms with E-state index in [1.807, 2.05) is 42.5 Å². The molecule has 0 unspecified atom stereocenters. The van der Waals surface area contributed by atoms with Gasteiger partial charge in [0.25, 0.3) is 0 Å². The number of hydrogen-bond acceptors (Lipinski definition) is 4. The van der Waals surface area contributed by atoms with Crippen molar-refractivity contribution in [2.75, 3.05) is 6.61 Å². The molecule has 4 heteroatoms. The lowest BCUT2D eigenvalue weighted by Crippen LogP contribution is -2.07. The summed E-state index contributed by atoms with van der Waals surface area (Å²) in [5.74, 6) is 0.985. The molecule has 2 aromatic rings. The lowest BCUT2D eigenvalue weighted by Gasteiger charge is -2.07.